The lowest BCUT2D eigenvalue weighted by molar-refractivity contribution is 0.291. The highest BCUT2D eigenvalue weighted by atomic mass is 35.5. The van der Waals surface area contributed by atoms with Gasteiger partial charge in [0.1, 0.15) is 55.6 Å². The molecule has 0 aliphatic carbocycles. The molecule has 6 rings (SSSR count). The van der Waals surface area contributed by atoms with E-state index in [2.05, 4.69) is 20.2 Å². The molecule has 0 N–H and O–H groups in total. The molecule has 0 saturated carbocycles. The molecule has 3 heterocycles. The number of aryl methyl sites for hydroxylation is 1. The molecule has 6 aromatic rings. The van der Waals surface area contributed by atoms with Gasteiger partial charge in [0.25, 0.3) is 0 Å². The van der Waals surface area contributed by atoms with Crippen molar-refractivity contribution < 1.29 is 13.9 Å². The molecule has 0 saturated heterocycles. The number of ether oxygens (including phenoxy) is 2. The fourth-order valence-corrected chi connectivity index (χ4v) is 4.43. The summed E-state index contributed by atoms with van der Waals surface area (Å²) in [6.45, 7) is 3.85. The SMILES string of the molecule is Cc1cc(=O)oc2cc(OCc3ccc(Cn4cncn4)cc3)cc(OCc3ccc(Cn4cncn4)cc3)c12.Cl. The number of hydrogen-bond donors (Lipinski definition) is 0. The third-order valence-corrected chi connectivity index (χ3v) is 6.45. The van der Waals surface area contributed by atoms with Crippen LogP contribution < -0.4 is 15.1 Å². The van der Waals surface area contributed by atoms with E-state index in [9.17, 15) is 4.79 Å². The molecule has 0 spiro atoms. The molecule has 208 valence electrons. The van der Waals surface area contributed by atoms with Crippen molar-refractivity contribution in [1.82, 2.24) is 29.5 Å². The Balaban J connectivity index is 0.00000337. The lowest BCUT2D eigenvalue weighted by Crippen LogP contribution is -2.03. The van der Waals surface area contributed by atoms with Gasteiger partial charge in [0.05, 0.1) is 18.5 Å². The van der Waals surface area contributed by atoms with E-state index in [0.717, 1.165) is 33.2 Å². The first-order chi connectivity index (χ1) is 19.6. The van der Waals surface area contributed by atoms with Gasteiger partial charge in [-0.25, -0.2) is 24.1 Å². The molecule has 3 aromatic carbocycles. The summed E-state index contributed by atoms with van der Waals surface area (Å²) in [6, 6.07) is 21.3. The van der Waals surface area contributed by atoms with Crippen molar-refractivity contribution in [2.75, 3.05) is 0 Å². The van der Waals surface area contributed by atoms with Crippen LogP contribution in [0, 0.1) is 6.92 Å². The van der Waals surface area contributed by atoms with E-state index in [4.69, 9.17) is 13.9 Å². The Hall–Kier alpha value is -4.96. The van der Waals surface area contributed by atoms with E-state index in [0.29, 0.717) is 43.4 Å². The summed E-state index contributed by atoms with van der Waals surface area (Å²) in [7, 11) is 0. The zero-order chi connectivity index (χ0) is 27.3. The van der Waals surface area contributed by atoms with Crippen LogP contribution >= 0.6 is 12.4 Å². The lowest BCUT2D eigenvalue weighted by Gasteiger charge is -2.14. The summed E-state index contributed by atoms with van der Waals surface area (Å²) in [5.41, 5.74) is 5.00. The minimum absolute atomic E-state index is 0. The number of hydrogen-bond acceptors (Lipinski definition) is 8. The van der Waals surface area contributed by atoms with Crippen LogP contribution in [-0.4, -0.2) is 29.5 Å². The van der Waals surface area contributed by atoms with Gasteiger partial charge in [-0.2, -0.15) is 10.2 Å². The van der Waals surface area contributed by atoms with E-state index >= 15 is 0 Å². The van der Waals surface area contributed by atoms with Crippen LogP contribution in [0.15, 0.2) is 101 Å². The molecular formula is C30H27ClN6O4. The number of fused-ring (bicyclic) bond motifs is 1. The third kappa shape index (κ3) is 6.79. The highest BCUT2D eigenvalue weighted by Crippen LogP contribution is 2.34. The summed E-state index contributed by atoms with van der Waals surface area (Å²) in [5.74, 6) is 1.13. The smallest absolute Gasteiger partial charge is 0.336 e. The normalized spacial score (nSPS) is 10.9. The molecule has 11 heteroatoms. The third-order valence-electron chi connectivity index (χ3n) is 6.45. The number of rotatable bonds is 10. The number of nitrogens with zero attached hydrogens (tertiary/aromatic N) is 6. The van der Waals surface area contributed by atoms with E-state index in [-0.39, 0.29) is 12.4 Å². The monoisotopic (exact) mass is 570 g/mol. The molecule has 3 aromatic heterocycles. The first-order valence-electron chi connectivity index (χ1n) is 12.7. The average molecular weight is 571 g/mol. The topological polar surface area (TPSA) is 110 Å². The maximum absolute atomic E-state index is 12.1. The van der Waals surface area contributed by atoms with Gasteiger partial charge in [-0.3, -0.25) is 0 Å². The molecule has 10 nitrogen and oxygen atoms in total. The zero-order valence-electron chi connectivity index (χ0n) is 22.2. The molecule has 41 heavy (non-hydrogen) atoms. The molecular weight excluding hydrogens is 544 g/mol. The number of aromatic nitrogens is 6. The predicted octanol–water partition coefficient (Wildman–Crippen LogP) is 4.96. The second kappa shape index (κ2) is 12.5. The highest BCUT2D eigenvalue weighted by molar-refractivity contribution is 5.88. The molecule has 0 aliphatic rings. The van der Waals surface area contributed by atoms with Gasteiger partial charge in [-0.05, 0) is 34.7 Å². The molecule has 0 amide bonds. The van der Waals surface area contributed by atoms with Crippen molar-refractivity contribution in [3.05, 3.63) is 130 Å². The van der Waals surface area contributed by atoms with Crippen LogP contribution in [0.5, 0.6) is 11.5 Å². The summed E-state index contributed by atoms with van der Waals surface area (Å²) in [5, 5.41) is 9.03. The Kier molecular flexibility index (Phi) is 8.40. The van der Waals surface area contributed by atoms with Crippen LogP contribution in [-0.2, 0) is 26.3 Å². The summed E-state index contributed by atoms with van der Waals surface area (Å²) in [6.07, 6.45) is 6.41. The second-order valence-corrected chi connectivity index (χ2v) is 9.44. The van der Waals surface area contributed by atoms with Gasteiger partial charge in [0.2, 0.25) is 0 Å². The fourth-order valence-electron chi connectivity index (χ4n) is 4.43. The maximum Gasteiger partial charge on any atom is 0.336 e. The minimum Gasteiger partial charge on any atom is -0.489 e. The van der Waals surface area contributed by atoms with E-state index in [1.165, 1.54) is 18.7 Å². The number of halogens is 1. The van der Waals surface area contributed by atoms with Gasteiger partial charge in [-0.15, -0.1) is 12.4 Å². The van der Waals surface area contributed by atoms with Crippen LogP contribution in [0.25, 0.3) is 11.0 Å². The van der Waals surface area contributed by atoms with Crippen molar-refractivity contribution in [2.45, 2.75) is 33.2 Å². The van der Waals surface area contributed by atoms with E-state index < -0.39 is 5.63 Å². The lowest BCUT2D eigenvalue weighted by atomic mass is 10.1. The quantitative estimate of drug-likeness (QED) is 0.213. The zero-order valence-corrected chi connectivity index (χ0v) is 23.0. The highest BCUT2D eigenvalue weighted by Gasteiger charge is 2.13. The van der Waals surface area contributed by atoms with Crippen LogP contribution in [0.2, 0.25) is 0 Å². The standard InChI is InChI=1S/C30H26N6O4.ClH/c1-21-10-29(37)40-28-12-26(38-15-24-6-2-22(3-7-24)13-35-19-31-17-33-35)11-27(30(21)28)39-16-25-8-4-23(5-9-25)14-36-20-32-18-34-36;/h2-12,17-20H,13-16H2,1H3;1H. The molecule has 0 radical (unpaired) electrons. The number of benzene rings is 3. The largest absolute Gasteiger partial charge is 0.489 e. The Morgan fingerprint density at radius 2 is 1.27 bits per heavy atom. The molecule has 0 aliphatic heterocycles. The average Bonchev–Trinajstić information content (AvgIpc) is 3.66. The minimum atomic E-state index is -0.418. The Morgan fingerprint density at radius 3 is 1.80 bits per heavy atom. The van der Waals surface area contributed by atoms with E-state index in [1.807, 2.05) is 61.5 Å². The van der Waals surface area contributed by atoms with E-state index in [1.54, 1.807) is 28.1 Å². The maximum atomic E-state index is 12.1. The molecule has 0 unspecified atom stereocenters. The molecule has 0 fully saturated rings. The predicted molar refractivity (Wildman–Crippen MR) is 154 cm³/mol. The van der Waals surface area contributed by atoms with Crippen molar-refractivity contribution in [1.29, 1.82) is 0 Å². The van der Waals surface area contributed by atoms with Gasteiger partial charge in [-0.1, -0.05) is 48.5 Å². The van der Waals surface area contributed by atoms with Crippen LogP contribution in [0.4, 0.5) is 0 Å². The first-order valence-corrected chi connectivity index (χ1v) is 12.7. The summed E-state index contributed by atoms with van der Waals surface area (Å²) < 4.78 is 21.4. The summed E-state index contributed by atoms with van der Waals surface area (Å²) >= 11 is 0. The fraction of sp³-hybridized carbons (Fsp3) is 0.167. The van der Waals surface area contributed by atoms with Crippen molar-refractivity contribution in [2.24, 2.45) is 0 Å². The van der Waals surface area contributed by atoms with Crippen LogP contribution in [0.3, 0.4) is 0 Å². The van der Waals surface area contributed by atoms with Gasteiger partial charge < -0.3 is 13.9 Å². The molecule has 0 bridgehead atoms. The Morgan fingerprint density at radius 1 is 0.732 bits per heavy atom. The van der Waals surface area contributed by atoms with Crippen molar-refractivity contribution in [3.8, 4) is 11.5 Å². The van der Waals surface area contributed by atoms with Crippen molar-refractivity contribution >= 4 is 23.4 Å². The molecule has 0 atom stereocenters. The summed E-state index contributed by atoms with van der Waals surface area (Å²) in [4.78, 5) is 20.1. The first kappa shape index (κ1) is 27.6. The van der Waals surface area contributed by atoms with Crippen molar-refractivity contribution in [3.63, 3.8) is 0 Å². The van der Waals surface area contributed by atoms with Crippen LogP contribution in [0.1, 0.15) is 27.8 Å². The van der Waals surface area contributed by atoms with Gasteiger partial charge in [0, 0.05) is 18.2 Å². The second-order valence-electron chi connectivity index (χ2n) is 9.44. The Bertz CT molecular complexity index is 1770. The van der Waals surface area contributed by atoms with Gasteiger partial charge in [0.15, 0.2) is 0 Å². The Labute approximate surface area is 241 Å². The van der Waals surface area contributed by atoms with Gasteiger partial charge >= 0.3 is 5.63 Å².